The van der Waals surface area contributed by atoms with Crippen LogP contribution in [0.5, 0.6) is 0 Å². The van der Waals surface area contributed by atoms with Gasteiger partial charge in [-0.2, -0.15) is 0 Å². The Morgan fingerprint density at radius 2 is 0.0563 bits per heavy atom. The van der Waals surface area contributed by atoms with Crippen molar-refractivity contribution in [2.45, 2.75) is 473 Å². The Morgan fingerprint density at radius 1 is 0.0423 bits per heavy atom. The molecule has 0 radical (unpaired) electrons. The summed E-state index contributed by atoms with van der Waals surface area (Å²) >= 11 is 0. The van der Waals surface area contributed by atoms with Crippen molar-refractivity contribution in [3.63, 3.8) is 0 Å². The molecule has 0 aromatic carbocycles. The highest BCUT2D eigenvalue weighted by molar-refractivity contribution is 4.55. The van der Waals surface area contributed by atoms with Crippen LogP contribution < -0.4 is 0 Å². The lowest BCUT2D eigenvalue weighted by molar-refractivity contribution is 0.504. The molecule has 0 aromatic rings. The summed E-state index contributed by atoms with van der Waals surface area (Å²) in [7, 11) is 0. The molecule has 0 N–H and O–H groups in total. The molecule has 71 heavy (non-hydrogen) atoms. The second-order valence-corrected chi connectivity index (χ2v) is 19.1. The van der Waals surface area contributed by atoms with Gasteiger partial charge in [0.1, 0.15) is 0 Å². The maximum absolute atomic E-state index is 1.50. The minimum absolute atomic E-state index is 0. The Balaban J connectivity index is -0.0000000299. The van der Waals surface area contributed by atoms with E-state index in [1.807, 2.05) is 0 Å². The first kappa shape index (κ1) is 119. The van der Waals surface area contributed by atoms with Gasteiger partial charge in [-0.25, -0.2) is 0 Å². The molecule has 0 atom stereocenters. The standard InChI is InChI=1S/9C6H12.17CH4/c9*1-2-4-6-5-3-1;;;;;;;;;;;;;;;;;/h9*1-6H2;17*1H4. The van der Waals surface area contributed by atoms with Crippen molar-refractivity contribution in [1.82, 2.24) is 0 Å². The third-order valence-corrected chi connectivity index (χ3v) is 13.5. The molecule has 0 aromatic heterocycles. The Morgan fingerprint density at radius 3 is 0.0704 bits per heavy atom. The lowest BCUT2D eigenvalue weighted by Gasteiger charge is -2.05. The summed E-state index contributed by atoms with van der Waals surface area (Å²) in [6.07, 6.45) is 81.0. The molecule has 460 valence electrons. The Labute approximate surface area is 470 Å². The molecule has 0 nitrogen and oxygen atoms in total. The van der Waals surface area contributed by atoms with E-state index in [2.05, 4.69) is 0 Å². The molecule has 0 heterocycles. The fourth-order valence-corrected chi connectivity index (χ4v) is 9.55. The van der Waals surface area contributed by atoms with Crippen LogP contribution in [0, 0.1) is 0 Å². The lowest BCUT2D eigenvalue weighted by Crippen LogP contribution is -1.85. The molecule has 0 saturated heterocycles. The van der Waals surface area contributed by atoms with Crippen molar-refractivity contribution in [3.05, 3.63) is 0 Å². The van der Waals surface area contributed by atoms with E-state index in [0.717, 1.165) is 0 Å². The molecule has 9 fully saturated rings. The average molecular weight is 1030 g/mol. The summed E-state index contributed by atoms with van der Waals surface area (Å²) in [5.74, 6) is 0. The van der Waals surface area contributed by atoms with Crippen molar-refractivity contribution in [2.24, 2.45) is 0 Å². The van der Waals surface area contributed by atoms with E-state index in [1.165, 1.54) is 347 Å². The molecule has 0 amide bonds. The minimum Gasteiger partial charge on any atom is -0.0776 e. The highest BCUT2D eigenvalue weighted by atomic mass is 14.1. The topological polar surface area (TPSA) is 0 Å². The van der Waals surface area contributed by atoms with Crippen molar-refractivity contribution < 1.29 is 0 Å². The van der Waals surface area contributed by atoms with Crippen LogP contribution in [0.3, 0.4) is 0 Å². The van der Waals surface area contributed by atoms with Crippen LogP contribution in [0.2, 0.25) is 0 Å². The SMILES string of the molecule is C.C.C.C.C.C.C.C.C.C.C.C.C.C.C.C.C.C1CCCCC1.C1CCCCC1.C1CCCCC1.C1CCCCC1.C1CCCCC1.C1CCCCC1.C1CCCCC1.C1CCCCC1.C1CCCCC1. The quantitative estimate of drug-likeness (QED) is 0.227. The van der Waals surface area contributed by atoms with Crippen LogP contribution in [0.1, 0.15) is 473 Å². The molecule has 0 spiro atoms. The maximum atomic E-state index is 1.50. The van der Waals surface area contributed by atoms with Crippen molar-refractivity contribution in [3.8, 4) is 0 Å². The van der Waals surface area contributed by atoms with Gasteiger partial charge in [0.15, 0.2) is 0 Å². The van der Waals surface area contributed by atoms with E-state index >= 15 is 0 Å². The largest absolute Gasteiger partial charge is 0.0776 e. The summed E-state index contributed by atoms with van der Waals surface area (Å²) < 4.78 is 0. The zero-order valence-corrected chi connectivity index (χ0v) is 38.2. The Hall–Kier alpha value is 0. The van der Waals surface area contributed by atoms with Gasteiger partial charge in [0.05, 0.1) is 0 Å². The van der Waals surface area contributed by atoms with Gasteiger partial charge in [0, 0.05) is 0 Å². The number of hydrogen-bond donors (Lipinski definition) is 0. The third-order valence-electron chi connectivity index (χ3n) is 13.5. The summed E-state index contributed by atoms with van der Waals surface area (Å²) in [5, 5.41) is 0. The van der Waals surface area contributed by atoms with Crippen molar-refractivity contribution in [1.29, 1.82) is 0 Å². The maximum Gasteiger partial charge on any atom is -0.0533 e. The number of rotatable bonds is 0. The monoisotopic (exact) mass is 1030 g/mol. The van der Waals surface area contributed by atoms with Crippen LogP contribution in [0.4, 0.5) is 0 Å². The summed E-state index contributed by atoms with van der Waals surface area (Å²) in [5.41, 5.74) is 0. The molecule has 9 aliphatic carbocycles. The summed E-state index contributed by atoms with van der Waals surface area (Å²) in [6, 6.07) is 0. The van der Waals surface area contributed by atoms with Crippen LogP contribution >= 0.6 is 0 Å². The zero-order chi connectivity index (χ0) is 38.2. The van der Waals surface area contributed by atoms with Gasteiger partial charge in [-0.1, -0.05) is 473 Å². The van der Waals surface area contributed by atoms with E-state index in [-0.39, 0.29) is 126 Å². The first-order valence-corrected chi connectivity index (χ1v) is 27.0. The zero-order valence-electron chi connectivity index (χ0n) is 38.2. The highest BCUT2D eigenvalue weighted by Gasteiger charge is 2.00. The van der Waals surface area contributed by atoms with Crippen LogP contribution in [0.15, 0.2) is 0 Å². The van der Waals surface area contributed by atoms with E-state index in [0.29, 0.717) is 0 Å². The molecule has 0 aliphatic heterocycles. The molecule has 0 unspecified atom stereocenters. The van der Waals surface area contributed by atoms with Gasteiger partial charge in [-0.3, -0.25) is 0 Å². The van der Waals surface area contributed by atoms with Crippen LogP contribution in [-0.4, -0.2) is 0 Å². The van der Waals surface area contributed by atoms with Crippen LogP contribution in [0.25, 0.3) is 0 Å². The summed E-state index contributed by atoms with van der Waals surface area (Å²) in [6.45, 7) is 0. The molecule has 9 saturated carbocycles. The summed E-state index contributed by atoms with van der Waals surface area (Å²) in [4.78, 5) is 0. The highest BCUT2D eigenvalue weighted by Crippen LogP contribution is 2.20. The Kier molecular flexibility index (Phi) is 192. The van der Waals surface area contributed by atoms with E-state index in [4.69, 9.17) is 0 Å². The average Bonchev–Trinajstić information content (AvgIpc) is 3.33. The second kappa shape index (κ2) is 114. The molecular weight excluding hydrogens is 853 g/mol. The smallest absolute Gasteiger partial charge is 0.0533 e. The molecule has 9 rings (SSSR count). The molecule has 0 bridgehead atoms. The van der Waals surface area contributed by atoms with Crippen LogP contribution in [-0.2, 0) is 0 Å². The van der Waals surface area contributed by atoms with Gasteiger partial charge in [0.25, 0.3) is 0 Å². The first-order valence-electron chi connectivity index (χ1n) is 27.0. The van der Waals surface area contributed by atoms with Gasteiger partial charge in [0.2, 0.25) is 0 Å². The normalized spacial score (nSPS) is 18.3. The predicted octanol–water partition coefficient (Wildman–Crippen LogP) is 31.9. The molecule has 0 heteroatoms. The third kappa shape index (κ3) is 111. The predicted molar refractivity (Wildman–Crippen MR) is 364 cm³/mol. The second-order valence-electron chi connectivity index (χ2n) is 19.1. The fourth-order valence-electron chi connectivity index (χ4n) is 9.55. The van der Waals surface area contributed by atoms with Gasteiger partial charge >= 0.3 is 0 Å². The lowest BCUT2D eigenvalue weighted by atomic mass is 10.0. The van der Waals surface area contributed by atoms with Gasteiger partial charge in [-0.15, -0.1) is 0 Å². The fraction of sp³-hybridized carbons (Fsp3) is 1.00. The molecule has 9 aliphatic rings. The van der Waals surface area contributed by atoms with Crippen molar-refractivity contribution >= 4 is 0 Å². The van der Waals surface area contributed by atoms with E-state index < -0.39 is 0 Å². The van der Waals surface area contributed by atoms with Gasteiger partial charge < -0.3 is 0 Å². The van der Waals surface area contributed by atoms with Crippen molar-refractivity contribution in [2.75, 3.05) is 0 Å². The van der Waals surface area contributed by atoms with E-state index in [1.54, 1.807) is 0 Å². The minimum atomic E-state index is 0. The number of hydrogen-bond acceptors (Lipinski definition) is 0. The van der Waals surface area contributed by atoms with Gasteiger partial charge in [-0.05, 0) is 0 Å². The molecular formula is C71H176. The first-order chi connectivity index (χ1) is 27.0. The van der Waals surface area contributed by atoms with E-state index in [9.17, 15) is 0 Å². The Bertz CT molecular complexity index is 311.